The van der Waals surface area contributed by atoms with Crippen LogP contribution in [0.2, 0.25) is 5.02 Å². The van der Waals surface area contributed by atoms with E-state index in [9.17, 15) is 0 Å². The van der Waals surface area contributed by atoms with Gasteiger partial charge in [0.05, 0.1) is 12.1 Å². The van der Waals surface area contributed by atoms with E-state index >= 15 is 0 Å². The molecule has 1 N–H and O–H groups in total. The van der Waals surface area contributed by atoms with E-state index in [4.69, 9.17) is 16.7 Å². The van der Waals surface area contributed by atoms with Crippen LogP contribution in [0.15, 0.2) is 30.5 Å². The van der Waals surface area contributed by atoms with Gasteiger partial charge in [0.1, 0.15) is 0 Å². The topological polar surface area (TPSA) is 36.4 Å². The Labute approximate surface area is 137 Å². The molecule has 0 aliphatic heterocycles. The molecule has 0 fully saturated rings. The van der Waals surface area contributed by atoms with Gasteiger partial charge in [0.2, 0.25) is 0 Å². The summed E-state index contributed by atoms with van der Waals surface area (Å²) in [5.74, 6) is 0.486. The van der Waals surface area contributed by atoms with Gasteiger partial charge in [-0.2, -0.15) is 0 Å². The Morgan fingerprint density at radius 2 is 2.09 bits per heavy atom. The summed E-state index contributed by atoms with van der Waals surface area (Å²) < 4.78 is 0. The number of fused-ring (bicyclic) bond motifs is 1. The van der Waals surface area contributed by atoms with Crippen molar-refractivity contribution < 1.29 is 5.11 Å². The van der Waals surface area contributed by atoms with Gasteiger partial charge >= 0.3 is 0 Å². The van der Waals surface area contributed by atoms with Gasteiger partial charge in [0.15, 0.2) is 0 Å². The standard InChI is InChI=1S/C18H25ClN2O/c1-3-21(11-12-22)10-4-5-14(2)16-8-9-20-18-13-15(19)6-7-17(16)18/h6-9,13-14,22H,3-5,10-12H2,1-2H3. The zero-order valence-corrected chi connectivity index (χ0v) is 14.2. The Hall–Kier alpha value is -1.16. The van der Waals surface area contributed by atoms with Gasteiger partial charge in [0.25, 0.3) is 0 Å². The molecule has 2 aromatic rings. The zero-order valence-electron chi connectivity index (χ0n) is 13.4. The first-order valence-corrected chi connectivity index (χ1v) is 8.41. The van der Waals surface area contributed by atoms with Gasteiger partial charge in [-0.3, -0.25) is 4.98 Å². The maximum Gasteiger partial charge on any atom is 0.0719 e. The maximum absolute atomic E-state index is 9.04. The van der Waals surface area contributed by atoms with Crippen LogP contribution < -0.4 is 0 Å². The number of hydrogen-bond donors (Lipinski definition) is 1. The number of aliphatic hydroxyl groups excluding tert-OH is 1. The highest BCUT2D eigenvalue weighted by Gasteiger charge is 2.11. The third-order valence-corrected chi connectivity index (χ3v) is 4.48. The monoisotopic (exact) mass is 320 g/mol. The lowest BCUT2D eigenvalue weighted by molar-refractivity contribution is 0.199. The largest absolute Gasteiger partial charge is 0.395 e. The summed E-state index contributed by atoms with van der Waals surface area (Å²) in [6.45, 7) is 7.44. The second-order valence-electron chi connectivity index (χ2n) is 5.76. The molecule has 1 unspecified atom stereocenters. The van der Waals surface area contributed by atoms with Crippen LogP contribution >= 0.6 is 11.6 Å². The van der Waals surface area contributed by atoms with Gasteiger partial charge in [-0.05, 0) is 55.6 Å². The number of halogens is 1. The minimum Gasteiger partial charge on any atom is -0.395 e. The number of likely N-dealkylation sites (N-methyl/N-ethyl adjacent to an activating group) is 1. The minimum absolute atomic E-state index is 0.235. The lowest BCUT2D eigenvalue weighted by Crippen LogP contribution is -2.27. The third kappa shape index (κ3) is 4.42. The van der Waals surface area contributed by atoms with Crippen molar-refractivity contribution in [1.82, 2.24) is 9.88 Å². The average Bonchev–Trinajstić information content (AvgIpc) is 2.53. The van der Waals surface area contributed by atoms with Gasteiger partial charge < -0.3 is 10.0 Å². The fraction of sp³-hybridized carbons (Fsp3) is 0.500. The van der Waals surface area contributed by atoms with Crippen molar-refractivity contribution in [3.8, 4) is 0 Å². The number of aromatic nitrogens is 1. The Kier molecular flexibility index (Phi) is 6.62. The van der Waals surface area contributed by atoms with E-state index in [1.54, 1.807) is 0 Å². The number of aliphatic hydroxyl groups is 1. The summed E-state index contributed by atoms with van der Waals surface area (Å²) >= 11 is 6.05. The molecular formula is C18H25ClN2O. The van der Waals surface area contributed by atoms with Gasteiger partial charge in [-0.15, -0.1) is 0 Å². The Morgan fingerprint density at radius 3 is 2.82 bits per heavy atom. The number of hydrogen-bond acceptors (Lipinski definition) is 3. The van der Waals surface area contributed by atoms with E-state index in [1.807, 2.05) is 18.3 Å². The molecule has 0 radical (unpaired) electrons. The van der Waals surface area contributed by atoms with E-state index in [0.29, 0.717) is 5.92 Å². The highest BCUT2D eigenvalue weighted by atomic mass is 35.5. The fourth-order valence-electron chi connectivity index (χ4n) is 2.92. The second-order valence-corrected chi connectivity index (χ2v) is 6.20. The summed E-state index contributed by atoms with van der Waals surface area (Å²) in [4.78, 5) is 6.70. The highest BCUT2D eigenvalue weighted by molar-refractivity contribution is 6.31. The molecule has 1 heterocycles. The second kappa shape index (κ2) is 8.47. The summed E-state index contributed by atoms with van der Waals surface area (Å²) in [6, 6.07) is 8.04. The molecule has 0 saturated heterocycles. The van der Waals surface area contributed by atoms with Gasteiger partial charge in [-0.25, -0.2) is 0 Å². The molecule has 22 heavy (non-hydrogen) atoms. The molecule has 0 aliphatic carbocycles. The maximum atomic E-state index is 9.04. The minimum atomic E-state index is 0.235. The van der Waals surface area contributed by atoms with Crippen LogP contribution in [0.5, 0.6) is 0 Å². The van der Waals surface area contributed by atoms with Crippen molar-refractivity contribution in [2.45, 2.75) is 32.6 Å². The zero-order chi connectivity index (χ0) is 15.9. The van der Waals surface area contributed by atoms with E-state index in [2.05, 4.69) is 35.9 Å². The Morgan fingerprint density at radius 1 is 1.27 bits per heavy atom. The third-order valence-electron chi connectivity index (χ3n) is 4.24. The normalized spacial score (nSPS) is 13.0. The molecule has 1 atom stereocenters. The summed E-state index contributed by atoms with van der Waals surface area (Å²) in [5.41, 5.74) is 2.30. The summed E-state index contributed by atoms with van der Waals surface area (Å²) in [6.07, 6.45) is 4.13. The lowest BCUT2D eigenvalue weighted by Gasteiger charge is -2.20. The average molecular weight is 321 g/mol. The smallest absolute Gasteiger partial charge is 0.0719 e. The molecule has 120 valence electrons. The number of nitrogens with zero attached hydrogens (tertiary/aromatic N) is 2. The van der Waals surface area contributed by atoms with Crippen LogP contribution in [-0.4, -0.2) is 41.2 Å². The summed E-state index contributed by atoms with van der Waals surface area (Å²) in [5, 5.41) is 11.0. The lowest BCUT2D eigenvalue weighted by atomic mass is 9.93. The molecular weight excluding hydrogens is 296 g/mol. The molecule has 0 bridgehead atoms. The van der Waals surface area contributed by atoms with E-state index in [0.717, 1.165) is 43.0 Å². The molecule has 0 saturated carbocycles. The first-order valence-electron chi connectivity index (χ1n) is 8.03. The molecule has 0 spiro atoms. The van der Waals surface area contributed by atoms with Gasteiger partial charge in [-0.1, -0.05) is 31.5 Å². The molecule has 4 heteroatoms. The predicted molar refractivity (Wildman–Crippen MR) is 93.6 cm³/mol. The van der Waals surface area contributed by atoms with Crippen molar-refractivity contribution in [3.63, 3.8) is 0 Å². The quantitative estimate of drug-likeness (QED) is 0.796. The van der Waals surface area contributed by atoms with E-state index < -0.39 is 0 Å². The molecule has 1 aromatic heterocycles. The van der Waals surface area contributed by atoms with Crippen molar-refractivity contribution in [1.29, 1.82) is 0 Å². The fourth-order valence-corrected chi connectivity index (χ4v) is 3.09. The van der Waals surface area contributed by atoms with E-state index in [-0.39, 0.29) is 6.61 Å². The van der Waals surface area contributed by atoms with Crippen molar-refractivity contribution in [2.75, 3.05) is 26.2 Å². The van der Waals surface area contributed by atoms with E-state index in [1.165, 1.54) is 10.9 Å². The Balaban J connectivity index is 2.02. The number of benzene rings is 1. The highest BCUT2D eigenvalue weighted by Crippen LogP contribution is 2.28. The van der Waals surface area contributed by atoms with Crippen LogP contribution in [0.1, 0.15) is 38.2 Å². The van der Waals surface area contributed by atoms with Crippen molar-refractivity contribution in [2.24, 2.45) is 0 Å². The van der Waals surface area contributed by atoms with Crippen molar-refractivity contribution >= 4 is 22.5 Å². The van der Waals surface area contributed by atoms with Crippen LogP contribution in [0.25, 0.3) is 10.9 Å². The van der Waals surface area contributed by atoms with Crippen LogP contribution in [0, 0.1) is 0 Å². The van der Waals surface area contributed by atoms with Crippen LogP contribution in [-0.2, 0) is 0 Å². The number of pyridine rings is 1. The summed E-state index contributed by atoms with van der Waals surface area (Å²) in [7, 11) is 0. The SMILES string of the molecule is CCN(CCO)CCCC(C)c1ccnc2cc(Cl)ccc12. The molecule has 3 nitrogen and oxygen atoms in total. The molecule has 0 aliphatic rings. The Bertz CT molecular complexity index is 603. The predicted octanol–water partition coefficient (Wildman–Crippen LogP) is 4.09. The molecule has 0 amide bonds. The van der Waals surface area contributed by atoms with Crippen molar-refractivity contribution in [3.05, 3.63) is 41.0 Å². The number of rotatable bonds is 8. The van der Waals surface area contributed by atoms with Crippen LogP contribution in [0.4, 0.5) is 0 Å². The van der Waals surface area contributed by atoms with Gasteiger partial charge in [0, 0.05) is 23.2 Å². The molecule has 1 aromatic carbocycles. The first-order chi connectivity index (χ1) is 10.7. The molecule has 2 rings (SSSR count). The van der Waals surface area contributed by atoms with Crippen LogP contribution in [0.3, 0.4) is 0 Å². The first kappa shape index (κ1) is 17.2.